The lowest BCUT2D eigenvalue weighted by atomic mass is 10.1. The van der Waals surface area contributed by atoms with Gasteiger partial charge in [0.15, 0.2) is 0 Å². The van der Waals surface area contributed by atoms with Crippen LogP contribution in [0.5, 0.6) is 0 Å². The molecule has 0 fully saturated rings. The van der Waals surface area contributed by atoms with Crippen LogP contribution < -0.4 is 0 Å². The fraction of sp³-hybridized carbons (Fsp3) is 0.500. The third kappa shape index (κ3) is 14.7. The van der Waals surface area contributed by atoms with E-state index >= 15 is 0 Å². The predicted octanol–water partition coefficient (Wildman–Crippen LogP) is 8.18. The van der Waals surface area contributed by atoms with E-state index in [0.717, 1.165) is 17.5 Å². The first kappa shape index (κ1) is 29.0. The van der Waals surface area contributed by atoms with Crippen molar-refractivity contribution in [1.29, 1.82) is 0 Å². The zero-order chi connectivity index (χ0) is 24.8. The Labute approximate surface area is 213 Å². The summed E-state index contributed by atoms with van der Waals surface area (Å²) in [7, 11) is 0. The minimum Gasteiger partial charge on any atom is -0.388 e. The molecule has 0 aliphatic rings. The molecule has 0 heterocycles. The molecular formula is C32H46O3. The van der Waals surface area contributed by atoms with Gasteiger partial charge in [-0.25, -0.2) is 0 Å². The second kappa shape index (κ2) is 20.0. The van der Waals surface area contributed by atoms with Crippen molar-refractivity contribution in [2.75, 3.05) is 6.61 Å². The summed E-state index contributed by atoms with van der Waals surface area (Å²) < 4.78 is 11.8. The molecule has 0 aliphatic heterocycles. The van der Waals surface area contributed by atoms with Gasteiger partial charge in [0.2, 0.25) is 0 Å². The smallest absolute Gasteiger partial charge is 0.107 e. The van der Waals surface area contributed by atoms with Crippen molar-refractivity contribution in [2.24, 2.45) is 0 Å². The van der Waals surface area contributed by atoms with Crippen molar-refractivity contribution in [3.63, 3.8) is 0 Å². The summed E-state index contributed by atoms with van der Waals surface area (Å²) >= 11 is 0. The largest absolute Gasteiger partial charge is 0.388 e. The third-order valence-electron chi connectivity index (χ3n) is 6.09. The van der Waals surface area contributed by atoms with Gasteiger partial charge in [-0.1, -0.05) is 143 Å². The van der Waals surface area contributed by atoms with Gasteiger partial charge < -0.3 is 14.6 Å². The molecule has 2 rings (SSSR count). The van der Waals surface area contributed by atoms with Gasteiger partial charge in [-0.15, -0.1) is 0 Å². The van der Waals surface area contributed by atoms with Crippen molar-refractivity contribution in [1.82, 2.24) is 0 Å². The van der Waals surface area contributed by atoms with Crippen molar-refractivity contribution in [3.05, 3.63) is 96.1 Å². The Hall–Kier alpha value is -2.20. The summed E-state index contributed by atoms with van der Waals surface area (Å²) in [4.78, 5) is 0. The first-order chi connectivity index (χ1) is 17.3. The normalized spacial score (nSPS) is 13.5. The molecule has 1 N–H and O–H groups in total. The van der Waals surface area contributed by atoms with Crippen LogP contribution in [0, 0.1) is 0 Å². The van der Waals surface area contributed by atoms with Gasteiger partial charge in [0.1, 0.15) is 12.2 Å². The number of hydrogen-bond acceptors (Lipinski definition) is 3. The Morgan fingerprint density at radius 1 is 0.714 bits per heavy atom. The molecule has 0 amide bonds. The van der Waals surface area contributed by atoms with E-state index in [1.807, 2.05) is 72.8 Å². The van der Waals surface area contributed by atoms with Crippen LogP contribution in [-0.4, -0.2) is 23.9 Å². The molecule has 2 atom stereocenters. The molecule has 3 nitrogen and oxygen atoms in total. The van der Waals surface area contributed by atoms with Crippen LogP contribution in [0.1, 0.15) is 82.3 Å². The second-order valence-electron chi connectivity index (χ2n) is 9.26. The standard InChI is InChI=1S/C32H46O3/c1-2-3-4-5-6-7-8-9-10-11-12-13-20-25-32(35-27-30-23-18-15-19-24-30)31(33)28-34-26-29-21-16-14-17-22-29/h12-25,31-33H,2-11,26-28H2,1H3/b13-12-,25-20+/t31-,32-/m1/s1. The minimum absolute atomic E-state index is 0.223. The lowest BCUT2D eigenvalue weighted by Gasteiger charge is -2.20. The monoisotopic (exact) mass is 478 g/mol. The van der Waals surface area contributed by atoms with Crippen molar-refractivity contribution >= 4 is 0 Å². The van der Waals surface area contributed by atoms with Crippen LogP contribution in [0.15, 0.2) is 85.0 Å². The molecule has 0 aromatic heterocycles. The van der Waals surface area contributed by atoms with Crippen LogP contribution >= 0.6 is 0 Å². The zero-order valence-corrected chi connectivity index (χ0v) is 21.7. The quantitative estimate of drug-likeness (QED) is 0.154. The van der Waals surface area contributed by atoms with E-state index in [2.05, 4.69) is 19.1 Å². The number of unbranched alkanes of at least 4 members (excludes halogenated alkanes) is 9. The van der Waals surface area contributed by atoms with Gasteiger partial charge in [0, 0.05) is 0 Å². The highest BCUT2D eigenvalue weighted by atomic mass is 16.5. The van der Waals surface area contributed by atoms with Crippen LogP contribution in [0.25, 0.3) is 0 Å². The maximum Gasteiger partial charge on any atom is 0.107 e. The zero-order valence-electron chi connectivity index (χ0n) is 21.7. The summed E-state index contributed by atoms with van der Waals surface area (Å²) in [5, 5.41) is 10.7. The maximum atomic E-state index is 10.7. The highest BCUT2D eigenvalue weighted by Gasteiger charge is 2.17. The summed E-state index contributed by atoms with van der Waals surface area (Å²) in [6.07, 6.45) is 20.3. The van der Waals surface area contributed by atoms with Crippen LogP contribution in [-0.2, 0) is 22.7 Å². The topological polar surface area (TPSA) is 38.7 Å². The second-order valence-corrected chi connectivity index (χ2v) is 9.26. The lowest BCUT2D eigenvalue weighted by Crippen LogP contribution is -2.31. The fourth-order valence-electron chi connectivity index (χ4n) is 3.95. The molecule has 0 aliphatic carbocycles. The third-order valence-corrected chi connectivity index (χ3v) is 6.09. The number of aliphatic hydroxyl groups is 1. The molecule has 0 saturated carbocycles. The number of rotatable bonds is 20. The molecule has 2 aromatic rings. The van der Waals surface area contributed by atoms with Crippen molar-refractivity contribution < 1.29 is 14.6 Å². The summed E-state index contributed by atoms with van der Waals surface area (Å²) in [6, 6.07) is 20.1. The molecule has 35 heavy (non-hydrogen) atoms. The lowest BCUT2D eigenvalue weighted by molar-refractivity contribution is -0.0601. The molecule has 2 aromatic carbocycles. The maximum absolute atomic E-state index is 10.7. The Morgan fingerprint density at radius 3 is 1.91 bits per heavy atom. The highest BCUT2D eigenvalue weighted by molar-refractivity contribution is 5.14. The summed E-state index contributed by atoms with van der Waals surface area (Å²) in [5.74, 6) is 0. The van der Waals surface area contributed by atoms with E-state index < -0.39 is 12.2 Å². The molecule has 0 radical (unpaired) electrons. The molecule has 192 valence electrons. The van der Waals surface area contributed by atoms with Gasteiger partial charge >= 0.3 is 0 Å². The van der Waals surface area contributed by atoms with E-state index in [1.165, 1.54) is 57.8 Å². The van der Waals surface area contributed by atoms with E-state index in [1.54, 1.807) is 0 Å². The Bertz CT molecular complexity index is 785. The average Bonchev–Trinajstić information content (AvgIpc) is 2.89. The van der Waals surface area contributed by atoms with Crippen molar-refractivity contribution in [2.45, 2.75) is 96.6 Å². The van der Waals surface area contributed by atoms with Gasteiger partial charge in [-0.05, 0) is 24.0 Å². The molecule has 0 saturated heterocycles. The number of benzene rings is 2. The average molecular weight is 479 g/mol. The minimum atomic E-state index is -0.732. The van der Waals surface area contributed by atoms with Gasteiger partial charge in [0.05, 0.1) is 19.8 Å². The number of aliphatic hydroxyl groups excluding tert-OH is 1. The Balaban J connectivity index is 1.70. The Kier molecular flexibility index (Phi) is 16.6. The Morgan fingerprint density at radius 2 is 1.29 bits per heavy atom. The first-order valence-electron chi connectivity index (χ1n) is 13.6. The summed E-state index contributed by atoms with van der Waals surface area (Å²) in [6.45, 7) is 3.42. The van der Waals surface area contributed by atoms with Crippen LogP contribution in [0.2, 0.25) is 0 Å². The molecule has 3 heteroatoms. The highest BCUT2D eigenvalue weighted by Crippen LogP contribution is 2.12. The molecule has 0 bridgehead atoms. The molecular weight excluding hydrogens is 432 g/mol. The van der Waals surface area contributed by atoms with E-state index in [0.29, 0.717) is 13.2 Å². The summed E-state index contributed by atoms with van der Waals surface area (Å²) in [5.41, 5.74) is 2.18. The van der Waals surface area contributed by atoms with Crippen molar-refractivity contribution in [3.8, 4) is 0 Å². The van der Waals surface area contributed by atoms with Crippen LogP contribution in [0.4, 0.5) is 0 Å². The van der Waals surface area contributed by atoms with E-state index in [9.17, 15) is 5.11 Å². The molecule has 0 unspecified atom stereocenters. The fourth-order valence-corrected chi connectivity index (χ4v) is 3.95. The molecule has 0 spiro atoms. The van der Waals surface area contributed by atoms with Gasteiger partial charge in [0.25, 0.3) is 0 Å². The van der Waals surface area contributed by atoms with E-state index in [-0.39, 0.29) is 6.61 Å². The van der Waals surface area contributed by atoms with Gasteiger partial charge in [-0.3, -0.25) is 0 Å². The van der Waals surface area contributed by atoms with Gasteiger partial charge in [-0.2, -0.15) is 0 Å². The SMILES string of the molecule is CCCCCCCCCCC/C=C\C=C\[C@@H](OCc1ccccc1)[C@H](O)COCc1ccccc1. The van der Waals surface area contributed by atoms with Crippen LogP contribution in [0.3, 0.4) is 0 Å². The van der Waals surface area contributed by atoms with E-state index in [4.69, 9.17) is 9.47 Å². The first-order valence-corrected chi connectivity index (χ1v) is 13.6. The predicted molar refractivity (Wildman–Crippen MR) is 147 cm³/mol. The number of allylic oxidation sites excluding steroid dienone is 3. The number of ether oxygens (including phenoxy) is 2. The number of hydrogen-bond donors (Lipinski definition) is 1.